The van der Waals surface area contributed by atoms with Gasteiger partial charge in [-0.1, -0.05) is 13.8 Å². The summed E-state index contributed by atoms with van der Waals surface area (Å²) in [6.45, 7) is 5.22. The molecule has 1 heterocycles. The minimum Gasteiger partial charge on any atom is -0.378 e. The van der Waals surface area contributed by atoms with Crippen LogP contribution in [0.1, 0.15) is 26.7 Å². The highest BCUT2D eigenvalue weighted by atomic mass is 35.5. The van der Waals surface area contributed by atoms with Crippen LogP contribution in [0.5, 0.6) is 0 Å². The Morgan fingerprint density at radius 3 is 2.45 bits per heavy atom. The van der Waals surface area contributed by atoms with Gasteiger partial charge in [0.15, 0.2) is 0 Å². The molecule has 0 aromatic carbocycles. The van der Waals surface area contributed by atoms with Crippen molar-refractivity contribution in [2.75, 3.05) is 6.61 Å². The smallest absolute Gasteiger partial charge is 0.0612 e. The maximum atomic E-state index is 5.78. The first-order valence-corrected chi connectivity index (χ1v) is 4.07. The second kappa shape index (κ2) is 4.96. The summed E-state index contributed by atoms with van der Waals surface area (Å²) in [5.41, 5.74) is 5.78. The molecule has 0 aliphatic carbocycles. The fraction of sp³-hybridized carbons (Fsp3) is 1.00. The van der Waals surface area contributed by atoms with Crippen LogP contribution >= 0.6 is 12.4 Å². The van der Waals surface area contributed by atoms with Gasteiger partial charge in [0.1, 0.15) is 0 Å². The summed E-state index contributed by atoms with van der Waals surface area (Å²) < 4.78 is 5.53. The highest BCUT2D eigenvalue weighted by Gasteiger charge is 2.21. The second-order valence-electron chi connectivity index (χ2n) is 3.44. The number of halogens is 1. The van der Waals surface area contributed by atoms with Crippen molar-refractivity contribution in [3.05, 3.63) is 0 Å². The van der Waals surface area contributed by atoms with E-state index in [1.165, 1.54) is 0 Å². The Hall–Kier alpha value is 0.210. The van der Waals surface area contributed by atoms with Gasteiger partial charge in [0.2, 0.25) is 0 Å². The largest absolute Gasteiger partial charge is 0.378 e. The average molecular weight is 180 g/mol. The molecule has 0 spiro atoms. The topological polar surface area (TPSA) is 35.2 Å². The SMILES string of the molecule is CC(C)C1CC(N)CCO1.Cl. The van der Waals surface area contributed by atoms with Gasteiger partial charge in [0, 0.05) is 12.6 Å². The minimum atomic E-state index is 0. The molecule has 2 unspecified atom stereocenters. The van der Waals surface area contributed by atoms with E-state index in [9.17, 15) is 0 Å². The van der Waals surface area contributed by atoms with Gasteiger partial charge in [-0.3, -0.25) is 0 Å². The van der Waals surface area contributed by atoms with Crippen LogP contribution in [0.25, 0.3) is 0 Å². The Labute approximate surface area is 74.9 Å². The Kier molecular flexibility index (Phi) is 5.06. The van der Waals surface area contributed by atoms with E-state index in [1.807, 2.05) is 0 Å². The van der Waals surface area contributed by atoms with Crippen molar-refractivity contribution in [3.63, 3.8) is 0 Å². The molecule has 1 saturated heterocycles. The number of ether oxygens (including phenoxy) is 1. The van der Waals surface area contributed by atoms with E-state index < -0.39 is 0 Å². The van der Waals surface area contributed by atoms with Gasteiger partial charge in [-0.2, -0.15) is 0 Å². The van der Waals surface area contributed by atoms with Crippen LogP contribution in [0, 0.1) is 5.92 Å². The summed E-state index contributed by atoms with van der Waals surface area (Å²) in [4.78, 5) is 0. The molecule has 0 bridgehead atoms. The third kappa shape index (κ3) is 3.41. The van der Waals surface area contributed by atoms with Crippen molar-refractivity contribution in [2.24, 2.45) is 11.7 Å². The number of hydrogen-bond acceptors (Lipinski definition) is 2. The predicted molar refractivity (Wildman–Crippen MR) is 49.0 cm³/mol. The lowest BCUT2D eigenvalue weighted by Crippen LogP contribution is -2.37. The molecule has 0 aromatic rings. The Bertz CT molecular complexity index is 108. The lowest BCUT2D eigenvalue weighted by Gasteiger charge is -2.29. The molecule has 1 rings (SSSR count). The predicted octanol–water partition coefficient (Wildman–Crippen LogP) is 1.57. The summed E-state index contributed by atoms with van der Waals surface area (Å²) in [5, 5.41) is 0. The molecule has 0 radical (unpaired) electrons. The molecule has 1 aliphatic rings. The van der Waals surface area contributed by atoms with Crippen molar-refractivity contribution >= 4 is 12.4 Å². The number of nitrogens with two attached hydrogens (primary N) is 1. The molecule has 2 N–H and O–H groups in total. The first-order chi connectivity index (χ1) is 4.70. The Morgan fingerprint density at radius 2 is 2.09 bits per heavy atom. The van der Waals surface area contributed by atoms with Crippen LogP contribution < -0.4 is 5.73 Å². The van der Waals surface area contributed by atoms with Gasteiger partial charge in [0.05, 0.1) is 6.10 Å². The fourth-order valence-electron chi connectivity index (χ4n) is 1.32. The molecular weight excluding hydrogens is 162 g/mol. The van der Waals surface area contributed by atoms with Crippen molar-refractivity contribution in [3.8, 4) is 0 Å². The van der Waals surface area contributed by atoms with Crippen LogP contribution in [0.2, 0.25) is 0 Å². The zero-order chi connectivity index (χ0) is 7.56. The molecule has 3 heteroatoms. The second-order valence-corrected chi connectivity index (χ2v) is 3.44. The highest BCUT2D eigenvalue weighted by Crippen LogP contribution is 2.18. The quantitative estimate of drug-likeness (QED) is 0.664. The first kappa shape index (κ1) is 11.2. The third-order valence-corrected chi connectivity index (χ3v) is 2.10. The Morgan fingerprint density at radius 1 is 1.45 bits per heavy atom. The molecule has 1 fully saturated rings. The summed E-state index contributed by atoms with van der Waals surface area (Å²) in [7, 11) is 0. The van der Waals surface area contributed by atoms with E-state index in [1.54, 1.807) is 0 Å². The van der Waals surface area contributed by atoms with Crippen LogP contribution in [0.3, 0.4) is 0 Å². The van der Waals surface area contributed by atoms with Crippen molar-refractivity contribution in [1.82, 2.24) is 0 Å². The summed E-state index contributed by atoms with van der Waals surface area (Å²) >= 11 is 0. The molecule has 68 valence electrons. The normalized spacial score (nSPS) is 31.6. The average Bonchev–Trinajstić information content (AvgIpc) is 1.88. The zero-order valence-electron chi connectivity index (χ0n) is 7.25. The van der Waals surface area contributed by atoms with Gasteiger partial charge >= 0.3 is 0 Å². The molecule has 0 saturated carbocycles. The fourth-order valence-corrected chi connectivity index (χ4v) is 1.32. The van der Waals surface area contributed by atoms with E-state index in [2.05, 4.69) is 13.8 Å². The van der Waals surface area contributed by atoms with Crippen LogP contribution in [-0.2, 0) is 4.74 Å². The number of hydrogen-bond donors (Lipinski definition) is 1. The molecule has 11 heavy (non-hydrogen) atoms. The van der Waals surface area contributed by atoms with Gasteiger partial charge in [-0.05, 0) is 18.8 Å². The van der Waals surface area contributed by atoms with E-state index in [0.717, 1.165) is 19.4 Å². The van der Waals surface area contributed by atoms with Gasteiger partial charge in [-0.25, -0.2) is 0 Å². The van der Waals surface area contributed by atoms with Gasteiger partial charge < -0.3 is 10.5 Å². The van der Waals surface area contributed by atoms with Gasteiger partial charge in [-0.15, -0.1) is 12.4 Å². The van der Waals surface area contributed by atoms with Crippen LogP contribution in [0.15, 0.2) is 0 Å². The van der Waals surface area contributed by atoms with E-state index in [0.29, 0.717) is 18.1 Å². The van der Waals surface area contributed by atoms with Gasteiger partial charge in [0.25, 0.3) is 0 Å². The van der Waals surface area contributed by atoms with Crippen molar-refractivity contribution in [2.45, 2.75) is 38.8 Å². The standard InChI is InChI=1S/C8H17NO.ClH/c1-6(2)8-5-7(9)3-4-10-8;/h6-8H,3-5,9H2,1-2H3;1H. The maximum Gasteiger partial charge on any atom is 0.0612 e. The molecule has 0 aromatic heterocycles. The molecule has 2 nitrogen and oxygen atoms in total. The zero-order valence-corrected chi connectivity index (χ0v) is 8.06. The molecule has 2 atom stereocenters. The van der Waals surface area contributed by atoms with Crippen molar-refractivity contribution in [1.29, 1.82) is 0 Å². The van der Waals surface area contributed by atoms with E-state index in [-0.39, 0.29) is 12.4 Å². The van der Waals surface area contributed by atoms with E-state index >= 15 is 0 Å². The van der Waals surface area contributed by atoms with Crippen LogP contribution in [-0.4, -0.2) is 18.8 Å². The summed E-state index contributed by atoms with van der Waals surface area (Å²) in [6.07, 6.45) is 2.48. The third-order valence-electron chi connectivity index (χ3n) is 2.10. The summed E-state index contributed by atoms with van der Waals surface area (Å²) in [6, 6.07) is 0.376. The number of rotatable bonds is 1. The highest BCUT2D eigenvalue weighted by molar-refractivity contribution is 5.85. The molecular formula is C8H18ClNO. The minimum absolute atomic E-state index is 0. The van der Waals surface area contributed by atoms with E-state index in [4.69, 9.17) is 10.5 Å². The first-order valence-electron chi connectivity index (χ1n) is 4.07. The lowest BCUT2D eigenvalue weighted by molar-refractivity contribution is -0.0188. The van der Waals surface area contributed by atoms with Crippen molar-refractivity contribution < 1.29 is 4.74 Å². The van der Waals surface area contributed by atoms with Crippen LogP contribution in [0.4, 0.5) is 0 Å². The molecule has 0 amide bonds. The Balaban J connectivity index is 0.000001000. The molecule has 1 aliphatic heterocycles. The monoisotopic (exact) mass is 179 g/mol. The maximum absolute atomic E-state index is 5.78. The lowest BCUT2D eigenvalue weighted by atomic mass is 9.96. The summed E-state index contributed by atoms with van der Waals surface area (Å²) in [5.74, 6) is 0.617.